The van der Waals surface area contributed by atoms with Crippen LogP contribution < -0.4 is 16.0 Å². The third-order valence-electron chi connectivity index (χ3n) is 7.36. The van der Waals surface area contributed by atoms with Gasteiger partial charge in [-0.25, -0.2) is 14.8 Å². The Morgan fingerprint density at radius 2 is 1.94 bits per heavy atom. The number of likely N-dealkylation sites (tertiary alicyclic amines) is 1. The van der Waals surface area contributed by atoms with Crippen LogP contribution in [-0.4, -0.2) is 71.2 Å². The van der Waals surface area contributed by atoms with Gasteiger partial charge >= 0.3 is 12.3 Å². The molecule has 1 aliphatic carbocycles. The van der Waals surface area contributed by atoms with Crippen molar-refractivity contribution >= 4 is 28.7 Å². The zero-order valence-electron chi connectivity index (χ0n) is 19.0. The highest BCUT2D eigenvalue weighted by Gasteiger charge is 2.41. The molecule has 3 aliphatic rings. The van der Waals surface area contributed by atoms with Gasteiger partial charge in [-0.15, -0.1) is 0 Å². The van der Waals surface area contributed by atoms with Crippen LogP contribution in [0.15, 0.2) is 24.5 Å². The summed E-state index contributed by atoms with van der Waals surface area (Å²) in [5, 5.41) is 2.95. The van der Waals surface area contributed by atoms with Gasteiger partial charge < -0.3 is 20.7 Å². The summed E-state index contributed by atoms with van der Waals surface area (Å²) in [6.45, 7) is 1.73. The van der Waals surface area contributed by atoms with E-state index in [-0.39, 0.29) is 36.0 Å². The van der Waals surface area contributed by atoms with Crippen LogP contribution in [0.2, 0.25) is 0 Å². The predicted octanol–water partition coefficient (Wildman–Crippen LogP) is 2.29. The first-order valence-corrected chi connectivity index (χ1v) is 11.7. The first kappa shape index (κ1) is 23.6. The molecule has 35 heavy (non-hydrogen) atoms. The maximum absolute atomic E-state index is 13.3. The van der Waals surface area contributed by atoms with Crippen molar-refractivity contribution in [2.75, 3.05) is 31.1 Å². The van der Waals surface area contributed by atoms with E-state index < -0.39 is 17.6 Å². The van der Waals surface area contributed by atoms with Gasteiger partial charge in [0.25, 0.3) is 0 Å². The number of amides is 2. The van der Waals surface area contributed by atoms with E-state index in [1.165, 1.54) is 12.4 Å². The number of benzene rings is 1. The smallest absolute Gasteiger partial charge is 0.416 e. The number of rotatable bonds is 6. The van der Waals surface area contributed by atoms with E-state index in [0.717, 1.165) is 37.8 Å². The molecular weight excluding hydrogens is 465 g/mol. The fourth-order valence-corrected chi connectivity index (χ4v) is 5.48. The molecular formula is C23H27F3N6O3. The van der Waals surface area contributed by atoms with Gasteiger partial charge in [0.1, 0.15) is 18.2 Å². The third-order valence-corrected chi connectivity index (χ3v) is 7.36. The number of ether oxygens (including phenoxy) is 1. The Morgan fingerprint density at radius 1 is 1.20 bits per heavy atom. The van der Waals surface area contributed by atoms with E-state index in [9.17, 15) is 22.8 Å². The average molecular weight is 493 g/mol. The van der Waals surface area contributed by atoms with Crippen molar-refractivity contribution in [3.8, 4) is 0 Å². The van der Waals surface area contributed by atoms with Gasteiger partial charge in [0.05, 0.1) is 30.2 Å². The van der Waals surface area contributed by atoms with Crippen molar-refractivity contribution < 1.29 is 27.5 Å². The molecule has 3 N–H and O–H groups in total. The first-order valence-electron chi connectivity index (χ1n) is 11.7. The SMILES string of the molecule is NC(=O)CN(c1ncnc2ccc(C(F)(F)F)cc12)C1CN(C2CCC(C3CNC(=O)O3)CC2)C1. The Kier molecular flexibility index (Phi) is 6.16. The molecule has 0 radical (unpaired) electrons. The molecule has 9 nitrogen and oxygen atoms in total. The van der Waals surface area contributed by atoms with E-state index in [4.69, 9.17) is 10.5 Å². The minimum atomic E-state index is -4.51. The summed E-state index contributed by atoms with van der Waals surface area (Å²) in [5.74, 6) is 0.0510. The lowest BCUT2D eigenvalue weighted by atomic mass is 9.81. The molecule has 188 valence electrons. The monoisotopic (exact) mass is 492 g/mol. The Hall–Kier alpha value is -3.15. The highest BCUT2D eigenvalue weighted by molar-refractivity contribution is 5.92. The Morgan fingerprint density at radius 3 is 2.57 bits per heavy atom. The van der Waals surface area contributed by atoms with Crippen LogP contribution in [0.4, 0.5) is 23.8 Å². The number of fused-ring (bicyclic) bond motifs is 1. The zero-order valence-corrected chi connectivity index (χ0v) is 19.0. The number of nitrogens with one attached hydrogen (secondary N) is 1. The number of carbonyl (C=O) groups excluding carboxylic acids is 2. The Balaban J connectivity index is 1.28. The van der Waals surface area contributed by atoms with E-state index >= 15 is 0 Å². The molecule has 1 aromatic heterocycles. The highest BCUT2D eigenvalue weighted by Crippen LogP contribution is 2.37. The molecule has 0 bridgehead atoms. The second-order valence-corrected chi connectivity index (χ2v) is 9.52. The number of primary amides is 1. The average Bonchev–Trinajstić information content (AvgIpc) is 3.22. The lowest BCUT2D eigenvalue weighted by molar-refractivity contribution is -0.137. The summed E-state index contributed by atoms with van der Waals surface area (Å²) in [7, 11) is 0. The fourth-order valence-electron chi connectivity index (χ4n) is 5.48. The maximum Gasteiger partial charge on any atom is 0.416 e. The van der Waals surface area contributed by atoms with Crippen molar-refractivity contribution in [1.82, 2.24) is 20.2 Å². The number of hydrogen-bond acceptors (Lipinski definition) is 7. The predicted molar refractivity (Wildman–Crippen MR) is 120 cm³/mol. The molecule has 1 atom stereocenters. The normalized spacial score (nSPS) is 25.7. The molecule has 1 unspecified atom stereocenters. The number of aromatic nitrogens is 2. The van der Waals surface area contributed by atoms with Gasteiger partial charge in [-0.2, -0.15) is 13.2 Å². The zero-order chi connectivity index (χ0) is 24.7. The molecule has 0 spiro atoms. The first-order chi connectivity index (χ1) is 16.7. The number of alkyl halides is 3. The number of halogens is 3. The largest absolute Gasteiger partial charge is 0.444 e. The topological polar surface area (TPSA) is 114 Å². The number of anilines is 1. The van der Waals surface area contributed by atoms with Crippen LogP contribution in [-0.2, 0) is 15.7 Å². The van der Waals surface area contributed by atoms with Crippen molar-refractivity contribution in [1.29, 1.82) is 0 Å². The van der Waals surface area contributed by atoms with Crippen molar-refractivity contribution in [3.63, 3.8) is 0 Å². The second-order valence-electron chi connectivity index (χ2n) is 9.52. The quantitative estimate of drug-likeness (QED) is 0.636. The number of nitrogens with two attached hydrogens (primary N) is 1. The molecule has 2 aliphatic heterocycles. The van der Waals surface area contributed by atoms with Gasteiger partial charge in [-0.05, 0) is 49.8 Å². The molecule has 3 heterocycles. The number of cyclic esters (lactones) is 1. The standard InChI is InChI=1S/C23H27F3N6O3/c24-23(25,26)14-3-6-18-17(7-14)21(30-12-29-18)32(11-20(27)33)16-9-31(10-16)15-4-1-13(2-5-15)19-8-28-22(34)35-19/h3,6-7,12-13,15-16,19H,1-2,4-5,8-11H2,(H2,27,33)(H,28,34). The van der Waals surface area contributed by atoms with Crippen LogP contribution in [0.1, 0.15) is 31.2 Å². The van der Waals surface area contributed by atoms with E-state index in [1.807, 2.05) is 0 Å². The molecule has 5 rings (SSSR count). The van der Waals surface area contributed by atoms with Gasteiger partial charge in [0.2, 0.25) is 5.91 Å². The second kappa shape index (κ2) is 9.14. The lowest BCUT2D eigenvalue weighted by Gasteiger charge is -2.50. The molecule has 2 aromatic rings. The number of hydrogen-bond donors (Lipinski definition) is 2. The minimum absolute atomic E-state index is 0.0636. The number of alkyl carbamates (subject to hydrolysis) is 1. The molecule has 2 saturated heterocycles. The van der Waals surface area contributed by atoms with Crippen molar-refractivity contribution in [3.05, 3.63) is 30.1 Å². The summed E-state index contributed by atoms with van der Waals surface area (Å²) in [4.78, 5) is 35.6. The summed E-state index contributed by atoms with van der Waals surface area (Å²) < 4.78 is 45.3. The molecule has 12 heteroatoms. The van der Waals surface area contributed by atoms with Crippen LogP contribution in [0.5, 0.6) is 0 Å². The summed E-state index contributed by atoms with van der Waals surface area (Å²) in [5.41, 5.74) is 5.07. The van der Waals surface area contributed by atoms with Gasteiger partial charge in [0.15, 0.2) is 0 Å². The summed E-state index contributed by atoms with van der Waals surface area (Å²) in [6.07, 6.45) is 0.263. The molecule has 3 fully saturated rings. The highest BCUT2D eigenvalue weighted by atomic mass is 19.4. The number of carbonyl (C=O) groups is 2. The minimum Gasteiger partial charge on any atom is -0.444 e. The molecule has 1 saturated carbocycles. The van der Waals surface area contributed by atoms with Crippen LogP contribution in [0, 0.1) is 5.92 Å². The van der Waals surface area contributed by atoms with Gasteiger partial charge in [-0.3, -0.25) is 9.69 Å². The third kappa shape index (κ3) is 4.84. The Labute approximate surface area is 199 Å². The van der Waals surface area contributed by atoms with Crippen LogP contribution in [0.3, 0.4) is 0 Å². The van der Waals surface area contributed by atoms with E-state index in [1.54, 1.807) is 4.90 Å². The molecule has 1 aromatic carbocycles. The van der Waals surface area contributed by atoms with Gasteiger partial charge in [-0.1, -0.05) is 0 Å². The van der Waals surface area contributed by atoms with Crippen molar-refractivity contribution in [2.45, 2.75) is 50.0 Å². The maximum atomic E-state index is 13.3. The lowest BCUT2D eigenvalue weighted by Crippen LogP contribution is -2.64. The van der Waals surface area contributed by atoms with E-state index in [2.05, 4.69) is 20.2 Å². The van der Waals surface area contributed by atoms with Gasteiger partial charge in [0, 0.05) is 24.5 Å². The summed E-state index contributed by atoms with van der Waals surface area (Å²) in [6, 6.07) is 3.60. The molecule has 2 amide bonds. The van der Waals surface area contributed by atoms with Crippen LogP contribution in [0.25, 0.3) is 10.9 Å². The Bertz CT molecular complexity index is 1120. The fraction of sp³-hybridized carbons (Fsp3) is 0.565. The van der Waals surface area contributed by atoms with Crippen LogP contribution >= 0.6 is 0 Å². The van der Waals surface area contributed by atoms with E-state index in [0.29, 0.717) is 37.1 Å². The summed E-state index contributed by atoms with van der Waals surface area (Å²) >= 11 is 0. The number of nitrogens with zero attached hydrogens (tertiary/aromatic N) is 4. The van der Waals surface area contributed by atoms with Crippen molar-refractivity contribution in [2.24, 2.45) is 11.7 Å².